The molecule has 3 nitrogen and oxygen atoms in total. The zero-order valence-corrected chi connectivity index (χ0v) is 12.5. The fourth-order valence-corrected chi connectivity index (χ4v) is 2.68. The van der Waals surface area contributed by atoms with Gasteiger partial charge in [-0.25, -0.2) is 0 Å². The Balaban J connectivity index is 2.47. The minimum absolute atomic E-state index is 0.0995. The van der Waals surface area contributed by atoms with E-state index in [4.69, 9.17) is 18.0 Å². The smallest absolute Gasteiger partial charge is 0.225 e. The number of carbonyl (C=O) groups excluding carboxylic acids is 1. The van der Waals surface area contributed by atoms with Gasteiger partial charge in [0.1, 0.15) is 0 Å². The maximum absolute atomic E-state index is 12.4. The van der Waals surface area contributed by atoms with Gasteiger partial charge in [0.2, 0.25) is 5.91 Å². The van der Waals surface area contributed by atoms with Crippen LogP contribution >= 0.6 is 12.2 Å². The molecule has 0 aromatic rings. The van der Waals surface area contributed by atoms with Crippen LogP contribution in [0, 0.1) is 11.8 Å². The van der Waals surface area contributed by atoms with Crippen LogP contribution in [-0.4, -0.2) is 29.4 Å². The van der Waals surface area contributed by atoms with E-state index in [1.165, 1.54) is 32.1 Å². The van der Waals surface area contributed by atoms with Crippen LogP contribution in [0.2, 0.25) is 0 Å². The average molecular weight is 270 g/mol. The highest BCUT2D eigenvalue weighted by molar-refractivity contribution is 7.80. The van der Waals surface area contributed by atoms with E-state index in [9.17, 15) is 4.79 Å². The summed E-state index contributed by atoms with van der Waals surface area (Å²) in [5, 5.41) is 0. The molecule has 0 aromatic heterocycles. The first kappa shape index (κ1) is 15.4. The fraction of sp³-hybridized carbons (Fsp3) is 0.857. The van der Waals surface area contributed by atoms with Crippen molar-refractivity contribution < 1.29 is 4.79 Å². The van der Waals surface area contributed by atoms with Crippen molar-refractivity contribution in [1.29, 1.82) is 0 Å². The SMILES string of the molecule is CC(CN(C)C(=O)C1CCCCCCC1)C(N)=S. The maximum atomic E-state index is 12.4. The number of hydrogen-bond acceptors (Lipinski definition) is 2. The van der Waals surface area contributed by atoms with Crippen molar-refractivity contribution in [3.63, 3.8) is 0 Å². The molecule has 1 unspecified atom stereocenters. The average Bonchev–Trinajstić information content (AvgIpc) is 2.27. The summed E-state index contributed by atoms with van der Waals surface area (Å²) in [7, 11) is 1.87. The molecule has 0 spiro atoms. The minimum Gasteiger partial charge on any atom is -0.393 e. The van der Waals surface area contributed by atoms with E-state index in [1.54, 1.807) is 0 Å². The summed E-state index contributed by atoms with van der Waals surface area (Å²) in [5.74, 6) is 0.594. The predicted octanol–water partition coefficient (Wildman–Crippen LogP) is 2.73. The Morgan fingerprint density at radius 2 is 1.78 bits per heavy atom. The van der Waals surface area contributed by atoms with Crippen molar-refractivity contribution in [2.45, 2.75) is 51.9 Å². The second-order valence-corrected chi connectivity index (χ2v) is 6.04. The summed E-state index contributed by atoms with van der Waals surface area (Å²) in [6.45, 7) is 2.62. The lowest BCUT2D eigenvalue weighted by Crippen LogP contribution is -2.39. The first-order valence-corrected chi connectivity index (χ1v) is 7.47. The molecule has 0 aromatic carbocycles. The zero-order chi connectivity index (χ0) is 13.5. The molecule has 4 heteroatoms. The molecule has 1 saturated carbocycles. The number of nitrogens with two attached hydrogens (primary N) is 1. The van der Waals surface area contributed by atoms with E-state index in [0.29, 0.717) is 11.5 Å². The Hall–Kier alpha value is -0.640. The molecule has 0 bridgehead atoms. The largest absolute Gasteiger partial charge is 0.393 e. The first-order valence-electron chi connectivity index (χ1n) is 7.06. The Labute approximate surface area is 116 Å². The Morgan fingerprint density at radius 3 is 2.28 bits per heavy atom. The van der Waals surface area contributed by atoms with E-state index in [2.05, 4.69) is 0 Å². The third kappa shape index (κ3) is 4.92. The van der Waals surface area contributed by atoms with Crippen molar-refractivity contribution >= 4 is 23.1 Å². The van der Waals surface area contributed by atoms with Crippen molar-refractivity contribution in [1.82, 2.24) is 4.90 Å². The lowest BCUT2D eigenvalue weighted by molar-refractivity contribution is -0.135. The highest BCUT2D eigenvalue weighted by Gasteiger charge is 2.23. The number of nitrogens with zero attached hydrogens (tertiary/aromatic N) is 1. The maximum Gasteiger partial charge on any atom is 0.225 e. The number of thiocarbonyl (C=S) groups is 1. The minimum atomic E-state index is 0.0995. The van der Waals surface area contributed by atoms with Crippen LogP contribution in [0.3, 0.4) is 0 Å². The van der Waals surface area contributed by atoms with E-state index in [1.807, 2.05) is 18.9 Å². The zero-order valence-electron chi connectivity index (χ0n) is 11.7. The number of carbonyl (C=O) groups is 1. The van der Waals surface area contributed by atoms with Gasteiger partial charge in [0.15, 0.2) is 0 Å². The van der Waals surface area contributed by atoms with Gasteiger partial charge in [-0.15, -0.1) is 0 Å². The summed E-state index contributed by atoms with van der Waals surface area (Å²) in [5.41, 5.74) is 5.60. The van der Waals surface area contributed by atoms with Gasteiger partial charge in [0, 0.05) is 25.4 Å². The Bertz CT molecular complexity index is 286. The fourth-order valence-electron chi connectivity index (χ4n) is 2.61. The highest BCUT2D eigenvalue weighted by Crippen LogP contribution is 2.23. The van der Waals surface area contributed by atoms with Crippen LogP contribution in [0.25, 0.3) is 0 Å². The van der Waals surface area contributed by atoms with Gasteiger partial charge in [-0.05, 0) is 12.8 Å². The summed E-state index contributed by atoms with van der Waals surface area (Å²) in [4.78, 5) is 14.7. The Morgan fingerprint density at radius 1 is 1.28 bits per heavy atom. The van der Waals surface area contributed by atoms with Crippen LogP contribution in [0.5, 0.6) is 0 Å². The normalized spacial score (nSPS) is 19.7. The summed E-state index contributed by atoms with van der Waals surface area (Å²) < 4.78 is 0. The first-order chi connectivity index (χ1) is 8.52. The monoisotopic (exact) mass is 270 g/mol. The van der Waals surface area contributed by atoms with Crippen molar-refractivity contribution in [3.8, 4) is 0 Å². The van der Waals surface area contributed by atoms with Gasteiger partial charge in [0.05, 0.1) is 4.99 Å². The molecular weight excluding hydrogens is 244 g/mol. The van der Waals surface area contributed by atoms with Crippen LogP contribution < -0.4 is 5.73 Å². The van der Waals surface area contributed by atoms with Crippen LogP contribution in [-0.2, 0) is 4.79 Å². The molecule has 0 saturated heterocycles. The molecule has 18 heavy (non-hydrogen) atoms. The molecular formula is C14H26N2OS. The summed E-state index contributed by atoms with van der Waals surface area (Å²) >= 11 is 4.96. The molecule has 1 aliphatic carbocycles. The second-order valence-electron chi connectivity index (χ2n) is 5.56. The van der Waals surface area contributed by atoms with Gasteiger partial charge < -0.3 is 10.6 Å². The highest BCUT2D eigenvalue weighted by atomic mass is 32.1. The van der Waals surface area contributed by atoms with Gasteiger partial charge in [-0.2, -0.15) is 0 Å². The molecule has 0 radical (unpaired) electrons. The van der Waals surface area contributed by atoms with E-state index in [-0.39, 0.29) is 17.7 Å². The molecule has 1 fully saturated rings. The molecule has 1 aliphatic rings. The lowest BCUT2D eigenvalue weighted by atomic mass is 9.90. The van der Waals surface area contributed by atoms with Gasteiger partial charge in [-0.1, -0.05) is 51.2 Å². The van der Waals surface area contributed by atoms with E-state index >= 15 is 0 Å². The lowest BCUT2D eigenvalue weighted by Gasteiger charge is -2.27. The number of amides is 1. The van der Waals surface area contributed by atoms with Crippen molar-refractivity contribution in [2.75, 3.05) is 13.6 Å². The summed E-state index contributed by atoms with van der Waals surface area (Å²) in [6.07, 6.45) is 8.35. The topological polar surface area (TPSA) is 46.3 Å². The molecule has 1 rings (SSSR count). The van der Waals surface area contributed by atoms with Gasteiger partial charge >= 0.3 is 0 Å². The third-order valence-electron chi connectivity index (χ3n) is 3.86. The van der Waals surface area contributed by atoms with Crippen molar-refractivity contribution in [2.24, 2.45) is 17.6 Å². The number of hydrogen-bond donors (Lipinski definition) is 1. The molecule has 2 N–H and O–H groups in total. The van der Waals surface area contributed by atoms with Crippen LogP contribution in [0.4, 0.5) is 0 Å². The third-order valence-corrected chi connectivity index (χ3v) is 4.27. The number of rotatable bonds is 4. The van der Waals surface area contributed by atoms with Gasteiger partial charge in [-0.3, -0.25) is 4.79 Å². The van der Waals surface area contributed by atoms with E-state index in [0.717, 1.165) is 12.8 Å². The summed E-state index contributed by atoms with van der Waals surface area (Å²) in [6, 6.07) is 0. The molecule has 104 valence electrons. The van der Waals surface area contributed by atoms with E-state index < -0.39 is 0 Å². The standard InChI is InChI=1S/C14H26N2OS/c1-11(13(15)18)10-16(2)14(17)12-8-6-4-3-5-7-9-12/h11-12H,3-10H2,1-2H3,(H2,15,18). The molecule has 1 amide bonds. The molecule has 0 heterocycles. The van der Waals surface area contributed by atoms with Crippen LogP contribution in [0.15, 0.2) is 0 Å². The Kier molecular flexibility index (Phi) is 6.61. The van der Waals surface area contributed by atoms with Crippen molar-refractivity contribution in [3.05, 3.63) is 0 Å². The molecule has 1 atom stereocenters. The van der Waals surface area contributed by atoms with Gasteiger partial charge in [0.25, 0.3) is 0 Å². The second kappa shape index (κ2) is 7.72. The quantitative estimate of drug-likeness (QED) is 0.799. The molecule has 0 aliphatic heterocycles. The van der Waals surface area contributed by atoms with Crippen LogP contribution in [0.1, 0.15) is 51.9 Å². The predicted molar refractivity (Wildman–Crippen MR) is 79.4 cm³/mol.